The van der Waals surface area contributed by atoms with E-state index in [-0.39, 0.29) is 43.2 Å². The summed E-state index contributed by atoms with van der Waals surface area (Å²) in [5, 5.41) is 30.2. The lowest BCUT2D eigenvalue weighted by molar-refractivity contribution is -0.273. The molecule has 0 radical (unpaired) electrons. The third-order valence-electron chi connectivity index (χ3n) is 9.44. The number of carbonyl (C=O) groups excluding carboxylic acids is 2. The molecule has 3 heterocycles. The van der Waals surface area contributed by atoms with Crippen LogP contribution in [0.4, 0.5) is 9.59 Å². The molecule has 2 aromatic rings. The number of carbonyl (C=O) groups is 2. The Balaban J connectivity index is 1.43. The maximum atomic E-state index is 14.4. The van der Waals surface area contributed by atoms with Crippen molar-refractivity contribution in [2.45, 2.75) is 75.3 Å². The molecule has 3 aliphatic rings. The number of fused-ring (bicyclic) bond motifs is 2. The van der Waals surface area contributed by atoms with Crippen LogP contribution in [0.5, 0.6) is 11.5 Å². The highest BCUT2D eigenvalue weighted by atomic mass is 32.2. The van der Waals surface area contributed by atoms with Crippen molar-refractivity contribution in [1.82, 2.24) is 19.8 Å². The standard InChI is InChI=1S/C34H48N4O10S/c1-34(2,14-7-8-15-36-32(40)35-3)21-37(49(43,44)24-11-12-29-30(18-24)48-22-47-29)19-28(39)26(17-23-9-5-4-6-10-23)38(33(41)42)27-20-46-31-25(27)13-16-45-31/h4-6,9-12,18,25-28,31,39H,7-8,13-17,19-22H2,1-3H3,(H,41,42)(H2,35,36,40)/p-1/t25-,26-,27-,28+,31+/m0/s1. The van der Waals surface area contributed by atoms with Crippen LogP contribution < -0.4 is 25.2 Å². The second-order valence-electron chi connectivity index (χ2n) is 13.5. The molecule has 0 saturated carbocycles. The average molecular weight is 704 g/mol. The molecular weight excluding hydrogens is 656 g/mol. The van der Waals surface area contributed by atoms with Gasteiger partial charge in [0.2, 0.25) is 16.8 Å². The van der Waals surface area contributed by atoms with Gasteiger partial charge in [0, 0.05) is 38.7 Å². The highest BCUT2D eigenvalue weighted by Crippen LogP contribution is 2.38. The maximum Gasteiger partial charge on any atom is 0.314 e. The molecule has 3 amide bonds. The lowest BCUT2D eigenvalue weighted by atomic mass is 9.87. The van der Waals surface area contributed by atoms with Gasteiger partial charge in [0.05, 0.1) is 36.3 Å². The number of ether oxygens (including phenoxy) is 4. The highest BCUT2D eigenvalue weighted by Gasteiger charge is 2.47. The van der Waals surface area contributed by atoms with Crippen molar-refractivity contribution in [3.63, 3.8) is 0 Å². The third kappa shape index (κ3) is 8.94. The summed E-state index contributed by atoms with van der Waals surface area (Å²) >= 11 is 0. The van der Waals surface area contributed by atoms with Crippen molar-refractivity contribution < 1.29 is 47.2 Å². The number of nitrogens with one attached hydrogen (secondary N) is 2. The van der Waals surface area contributed by atoms with Crippen molar-refractivity contribution in [1.29, 1.82) is 0 Å². The molecule has 2 aromatic carbocycles. The fourth-order valence-corrected chi connectivity index (χ4v) is 8.52. The average Bonchev–Trinajstić information content (AvgIpc) is 3.82. The van der Waals surface area contributed by atoms with Crippen molar-refractivity contribution in [3.8, 4) is 11.5 Å². The highest BCUT2D eigenvalue weighted by molar-refractivity contribution is 7.89. The predicted octanol–water partition coefficient (Wildman–Crippen LogP) is 1.91. The SMILES string of the molecule is CNC(=O)NCCCCC(C)(C)CN(C[C@@H](O)[C@H](Cc1ccccc1)N(C(=O)[O-])[C@H]1CO[C@H]2OCC[C@H]21)S(=O)(=O)c1ccc2c(c1)OCO2. The molecule has 0 spiro atoms. The van der Waals surface area contributed by atoms with Crippen molar-refractivity contribution in [2.24, 2.45) is 11.3 Å². The van der Waals surface area contributed by atoms with Gasteiger partial charge in [-0.1, -0.05) is 50.6 Å². The van der Waals surface area contributed by atoms with Gasteiger partial charge in [0.15, 0.2) is 17.8 Å². The van der Waals surface area contributed by atoms with Gasteiger partial charge in [-0.05, 0) is 48.8 Å². The predicted molar refractivity (Wildman–Crippen MR) is 176 cm³/mol. The number of nitrogens with zero attached hydrogens (tertiary/aromatic N) is 2. The number of benzene rings is 2. The maximum absolute atomic E-state index is 14.4. The van der Waals surface area contributed by atoms with Crippen molar-refractivity contribution in [2.75, 3.05) is 46.7 Å². The molecular formula is C34H47N4O10S-. The Morgan fingerprint density at radius 3 is 2.57 bits per heavy atom. The molecule has 2 fully saturated rings. The number of hydrogen-bond acceptors (Lipinski definition) is 10. The first-order chi connectivity index (χ1) is 23.4. The summed E-state index contributed by atoms with van der Waals surface area (Å²) in [6, 6.07) is 11.6. The second-order valence-corrected chi connectivity index (χ2v) is 15.5. The number of aliphatic hydroxyl groups is 1. The first kappa shape index (κ1) is 36.6. The van der Waals surface area contributed by atoms with Crippen LogP contribution in [0.15, 0.2) is 53.4 Å². The van der Waals surface area contributed by atoms with E-state index in [1.165, 1.54) is 22.5 Å². The number of aliphatic hydroxyl groups excluding tert-OH is 1. The Morgan fingerprint density at radius 2 is 1.84 bits per heavy atom. The normalized spacial score (nSPS) is 21.3. The van der Waals surface area contributed by atoms with Gasteiger partial charge in [-0.15, -0.1) is 0 Å². The number of unbranched alkanes of at least 4 members (excludes halogenated alkanes) is 1. The molecule has 14 nitrogen and oxygen atoms in total. The lowest BCUT2D eigenvalue weighted by Crippen LogP contribution is -2.61. The number of urea groups is 1. The molecule has 0 bridgehead atoms. The fourth-order valence-electron chi connectivity index (χ4n) is 6.86. The number of rotatable bonds is 16. The largest absolute Gasteiger partial charge is 0.530 e. The third-order valence-corrected chi connectivity index (χ3v) is 11.2. The summed E-state index contributed by atoms with van der Waals surface area (Å²) in [5.74, 6) is 0.481. The van der Waals surface area contributed by atoms with Crippen molar-refractivity contribution in [3.05, 3.63) is 54.1 Å². The van der Waals surface area contributed by atoms with Crippen LogP contribution in [-0.2, 0) is 25.9 Å². The minimum atomic E-state index is -4.24. The Hall–Kier alpha value is -3.63. The minimum absolute atomic E-state index is 0.0260. The van der Waals surface area contributed by atoms with E-state index in [0.717, 1.165) is 10.5 Å². The van der Waals surface area contributed by atoms with Gasteiger partial charge < -0.3 is 49.5 Å². The van der Waals surface area contributed by atoms with Crippen LogP contribution in [-0.4, -0.2) is 106 Å². The van der Waals surface area contributed by atoms with E-state index in [2.05, 4.69) is 10.6 Å². The van der Waals surface area contributed by atoms with Crippen LogP contribution in [0, 0.1) is 11.3 Å². The van der Waals surface area contributed by atoms with E-state index in [9.17, 15) is 28.2 Å². The summed E-state index contributed by atoms with van der Waals surface area (Å²) in [6.07, 6.45) is -0.756. The molecule has 49 heavy (non-hydrogen) atoms. The molecule has 5 atom stereocenters. The quantitative estimate of drug-likeness (QED) is 0.219. The van der Waals surface area contributed by atoms with E-state index in [0.29, 0.717) is 50.3 Å². The minimum Gasteiger partial charge on any atom is -0.530 e. The van der Waals surface area contributed by atoms with Gasteiger partial charge in [-0.3, -0.25) is 0 Å². The molecule has 15 heteroatoms. The Kier molecular flexibility index (Phi) is 11.9. The molecule has 2 saturated heterocycles. The second kappa shape index (κ2) is 15.9. The number of amides is 3. The zero-order valence-electron chi connectivity index (χ0n) is 28.2. The Morgan fingerprint density at radius 1 is 1.08 bits per heavy atom. The first-order valence-electron chi connectivity index (χ1n) is 16.7. The van der Waals surface area contributed by atoms with Gasteiger partial charge in [0.25, 0.3) is 0 Å². The Labute approximate surface area is 287 Å². The zero-order valence-corrected chi connectivity index (χ0v) is 29.0. The number of sulfonamides is 1. The molecule has 0 aromatic heterocycles. The molecule has 3 aliphatic heterocycles. The van der Waals surface area contributed by atoms with Crippen LogP contribution in [0.3, 0.4) is 0 Å². The monoisotopic (exact) mass is 703 g/mol. The summed E-state index contributed by atoms with van der Waals surface area (Å²) in [7, 11) is -2.70. The van der Waals surface area contributed by atoms with E-state index in [1.807, 2.05) is 44.2 Å². The fraction of sp³-hybridized carbons (Fsp3) is 0.588. The van der Waals surface area contributed by atoms with Gasteiger partial charge in [0.1, 0.15) is 6.09 Å². The van der Waals surface area contributed by atoms with E-state index >= 15 is 0 Å². The molecule has 0 unspecified atom stereocenters. The summed E-state index contributed by atoms with van der Waals surface area (Å²) in [6.45, 7) is 4.46. The van der Waals surface area contributed by atoms with Crippen LogP contribution in [0.2, 0.25) is 0 Å². The summed E-state index contributed by atoms with van der Waals surface area (Å²) < 4.78 is 52.3. The van der Waals surface area contributed by atoms with E-state index < -0.39 is 52.6 Å². The lowest BCUT2D eigenvalue weighted by Gasteiger charge is -2.43. The zero-order chi connectivity index (χ0) is 35.2. The van der Waals surface area contributed by atoms with Gasteiger partial charge in [-0.2, -0.15) is 4.31 Å². The first-order valence-corrected chi connectivity index (χ1v) is 18.1. The van der Waals surface area contributed by atoms with Crippen molar-refractivity contribution >= 4 is 22.1 Å². The molecule has 270 valence electrons. The van der Waals surface area contributed by atoms with Crippen LogP contribution >= 0.6 is 0 Å². The number of hydrogen-bond donors (Lipinski definition) is 3. The summed E-state index contributed by atoms with van der Waals surface area (Å²) in [4.78, 5) is 25.6. The molecule has 5 rings (SSSR count). The van der Waals surface area contributed by atoms with E-state index in [4.69, 9.17) is 18.9 Å². The number of carboxylic acid groups (broad SMARTS) is 1. The van der Waals surface area contributed by atoms with Gasteiger partial charge in [-0.25, -0.2) is 13.2 Å². The summed E-state index contributed by atoms with van der Waals surface area (Å²) in [5.41, 5.74) is 0.208. The Bertz CT molecular complexity index is 1540. The van der Waals surface area contributed by atoms with Crippen LogP contribution in [0.1, 0.15) is 45.1 Å². The topological polar surface area (TPSA) is 179 Å². The van der Waals surface area contributed by atoms with Gasteiger partial charge >= 0.3 is 6.03 Å². The van der Waals surface area contributed by atoms with E-state index in [1.54, 1.807) is 7.05 Å². The van der Waals surface area contributed by atoms with Crippen LogP contribution in [0.25, 0.3) is 0 Å². The smallest absolute Gasteiger partial charge is 0.314 e. The molecule has 3 N–H and O–H groups in total. The molecule has 0 aliphatic carbocycles.